The van der Waals surface area contributed by atoms with Gasteiger partial charge in [0, 0.05) is 19.2 Å². The van der Waals surface area contributed by atoms with Crippen LogP contribution in [0, 0.1) is 5.92 Å². The zero-order valence-electron chi connectivity index (χ0n) is 12.1. The van der Waals surface area contributed by atoms with E-state index in [1.54, 1.807) is 14.2 Å². The highest BCUT2D eigenvalue weighted by Gasteiger charge is 2.16. The Kier molecular flexibility index (Phi) is 6.16. The summed E-state index contributed by atoms with van der Waals surface area (Å²) in [6.45, 7) is 7.32. The smallest absolute Gasteiger partial charge is 0.118 e. The van der Waals surface area contributed by atoms with Crippen LogP contribution in [0.1, 0.15) is 32.4 Å². The van der Waals surface area contributed by atoms with E-state index in [-0.39, 0.29) is 0 Å². The van der Waals surface area contributed by atoms with Crippen LogP contribution in [-0.2, 0) is 4.74 Å². The summed E-state index contributed by atoms with van der Waals surface area (Å²) < 4.78 is 10.4. The van der Waals surface area contributed by atoms with Crippen LogP contribution < -0.4 is 10.1 Å². The van der Waals surface area contributed by atoms with Crippen molar-refractivity contribution in [1.29, 1.82) is 0 Å². The summed E-state index contributed by atoms with van der Waals surface area (Å²) >= 11 is 0. The Morgan fingerprint density at radius 3 is 2.11 bits per heavy atom. The first-order valence-electron chi connectivity index (χ1n) is 6.47. The zero-order chi connectivity index (χ0) is 13.5. The molecule has 102 valence electrons. The van der Waals surface area contributed by atoms with Crippen LogP contribution in [0.25, 0.3) is 0 Å². The van der Waals surface area contributed by atoms with Gasteiger partial charge < -0.3 is 14.8 Å². The quantitative estimate of drug-likeness (QED) is 0.808. The summed E-state index contributed by atoms with van der Waals surface area (Å²) in [6.07, 6.45) is 0. The maximum Gasteiger partial charge on any atom is 0.118 e. The third kappa shape index (κ3) is 4.31. The lowest BCUT2D eigenvalue weighted by Gasteiger charge is -2.26. The van der Waals surface area contributed by atoms with Crippen molar-refractivity contribution >= 4 is 0 Å². The van der Waals surface area contributed by atoms with Gasteiger partial charge in [-0.25, -0.2) is 0 Å². The maximum atomic E-state index is 5.26. The van der Waals surface area contributed by atoms with Crippen LogP contribution in [0.3, 0.4) is 0 Å². The summed E-state index contributed by atoms with van der Waals surface area (Å²) in [5.74, 6) is 1.44. The Bertz CT molecular complexity index is 335. The van der Waals surface area contributed by atoms with Crippen molar-refractivity contribution < 1.29 is 9.47 Å². The molecule has 1 aromatic carbocycles. The second kappa shape index (κ2) is 7.39. The summed E-state index contributed by atoms with van der Waals surface area (Å²) in [5, 5.41) is 3.61. The molecule has 0 saturated carbocycles. The van der Waals surface area contributed by atoms with Gasteiger partial charge in [0.15, 0.2) is 0 Å². The molecule has 0 heterocycles. The Morgan fingerprint density at radius 2 is 1.67 bits per heavy atom. The molecule has 1 N–H and O–H groups in total. The van der Waals surface area contributed by atoms with E-state index in [0.29, 0.717) is 18.0 Å². The number of rotatable bonds is 7. The molecule has 3 nitrogen and oxygen atoms in total. The molecule has 0 amide bonds. The van der Waals surface area contributed by atoms with Crippen molar-refractivity contribution in [3.8, 4) is 5.75 Å². The van der Waals surface area contributed by atoms with Crippen LogP contribution in [0.4, 0.5) is 0 Å². The van der Waals surface area contributed by atoms with E-state index in [0.717, 1.165) is 12.4 Å². The molecule has 0 spiro atoms. The number of methoxy groups -OCH3 is 2. The second-order valence-corrected chi connectivity index (χ2v) is 4.97. The van der Waals surface area contributed by atoms with E-state index in [1.165, 1.54) is 5.56 Å². The molecule has 2 atom stereocenters. The van der Waals surface area contributed by atoms with Crippen molar-refractivity contribution in [2.24, 2.45) is 5.92 Å². The molecule has 0 aliphatic carbocycles. The minimum absolute atomic E-state index is 0.304. The third-order valence-corrected chi connectivity index (χ3v) is 3.23. The fraction of sp³-hybridized carbons (Fsp3) is 0.600. The average Bonchev–Trinajstić information content (AvgIpc) is 2.38. The molecule has 1 aromatic rings. The van der Waals surface area contributed by atoms with Gasteiger partial charge in [0.05, 0.1) is 13.7 Å². The van der Waals surface area contributed by atoms with E-state index >= 15 is 0 Å². The van der Waals surface area contributed by atoms with E-state index in [9.17, 15) is 0 Å². The fourth-order valence-corrected chi connectivity index (χ4v) is 1.92. The molecule has 0 aliphatic heterocycles. The highest BCUT2D eigenvalue weighted by atomic mass is 16.5. The number of ether oxygens (including phenoxy) is 2. The lowest BCUT2D eigenvalue weighted by molar-refractivity contribution is 0.141. The lowest BCUT2D eigenvalue weighted by atomic mass is 10.0. The molecule has 0 aromatic heterocycles. The van der Waals surface area contributed by atoms with Crippen molar-refractivity contribution in [2.75, 3.05) is 20.8 Å². The topological polar surface area (TPSA) is 30.5 Å². The zero-order valence-corrected chi connectivity index (χ0v) is 12.1. The van der Waals surface area contributed by atoms with Gasteiger partial charge in [0.25, 0.3) is 0 Å². The van der Waals surface area contributed by atoms with Crippen molar-refractivity contribution in [3.05, 3.63) is 29.8 Å². The predicted molar refractivity (Wildman–Crippen MR) is 75.0 cm³/mol. The minimum Gasteiger partial charge on any atom is -0.497 e. The molecule has 0 fully saturated rings. The van der Waals surface area contributed by atoms with Crippen molar-refractivity contribution in [3.63, 3.8) is 0 Å². The molecule has 3 heteroatoms. The minimum atomic E-state index is 0.304. The van der Waals surface area contributed by atoms with Crippen molar-refractivity contribution in [1.82, 2.24) is 5.32 Å². The number of nitrogens with one attached hydrogen (secondary N) is 1. The van der Waals surface area contributed by atoms with Gasteiger partial charge in [-0.15, -0.1) is 0 Å². The average molecular weight is 251 g/mol. The Hall–Kier alpha value is -1.06. The molecule has 18 heavy (non-hydrogen) atoms. The molecular formula is C15H25NO2. The number of hydrogen-bond acceptors (Lipinski definition) is 3. The summed E-state index contributed by atoms with van der Waals surface area (Å²) in [4.78, 5) is 0. The lowest BCUT2D eigenvalue weighted by Crippen LogP contribution is -2.39. The Balaban J connectivity index is 2.64. The monoisotopic (exact) mass is 251 g/mol. The van der Waals surface area contributed by atoms with Gasteiger partial charge in [-0.3, -0.25) is 0 Å². The van der Waals surface area contributed by atoms with E-state index in [2.05, 4.69) is 38.2 Å². The van der Waals surface area contributed by atoms with E-state index < -0.39 is 0 Å². The molecule has 0 bridgehead atoms. The van der Waals surface area contributed by atoms with Gasteiger partial charge in [0.2, 0.25) is 0 Å². The van der Waals surface area contributed by atoms with Crippen LogP contribution in [-0.4, -0.2) is 26.9 Å². The van der Waals surface area contributed by atoms with Crippen LogP contribution in [0.15, 0.2) is 24.3 Å². The van der Waals surface area contributed by atoms with Gasteiger partial charge in [0.1, 0.15) is 5.75 Å². The van der Waals surface area contributed by atoms with Crippen LogP contribution in [0.2, 0.25) is 0 Å². The van der Waals surface area contributed by atoms with Gasteiger partial charge in [-0.05, 0) is 30.5 Å². The molecule has 1 rings (SSSR count). The molecule has 0 saturated heterocycles. The molecular weight excluding hydrogens is 226 g/mol. The highest BCUT2D eigenvalue weighted by molar-refractivity contribution is 5.28. The first-order chi connectivity index (χ1) is 8.58. The van der Waals surface area contributed by atoms with Crippen LogP contribution in [0.5, 0.6) is 5.75 Å². The highest BCUT2D eigenvalue weighted by Crippen LogP contribution is 2.18. The molecule has 0 aliphatic rings. The molecule has 0 radical (unpaired) electrons. The Morgan fingerprint density at radius 1 is 1.06 bits per heavy atom. The van der Waals surface area contributed by atoms with Crippen LogP contribution >= 0.6 is 0 Å². The Labute approximate surface area is 110 Å². The second-order valence-electron chi connectivity index (χ2n) is 4.97. The SMILES string of the molecule is COCC(N[C@H](C)c1ccc(OC)cc1)C(C)C. The number of benzene rings is 1. The normalized spacial score (nSPS) is 14.6. The van der Waals surface area contributed by atoms with Crippen molar-refractivity contribution in [2.45, 2.75) is 32.9 Å². The number of hydrogen-bond donors (Lipinski definition) is 1. The van der Waals surface area contributed by atoms with E-state index in [4.69, 9.17) is 9.47 Å². The first kappa shape index (κ1) is 15.0. The third-order valence-electron chi connectivity index (χ3n) is 3.23. The maximum absolute atomic E-state index is 5.26. The van der Waals surface area contributed by atoms with Gasteiger partial charge in [-0.1, -0.05) is 26.0 Å². The van der Waals surface area contributed by atoms with Gasteiger partial charge in [-0.2, -0.15) is 0 Å². The largest absolute Gasteiger partial charge is 0.497 e. The summed E-state index contributed by atoms with van der Waals surface area (Å²) in [7, 11) is 3.43. The first-order valence-corrected chi connectivity index (χ1v) is 6.47. The standard InChI is InChI=1S/C15H25NO2/c1-11(2)15(10-17-4)16-12(3)13-6-8-14(18-5)9-7-13/h6-9,11-12,15-16H,10H2,1-5H3/t12-,15?/m1/s1. The molecule has 1 unspecified atom stereocenters. The van der Waals surface area contributed by atoms with E-state index in [1.807, 2.05) is 12.1 Å². The summed E-state index contributed by atoms with van der Waals surface area (Å²) in [5.41, 5.74) is 1.26. The van der Waals surface area contributed by atoms with Gasteiger partial charge >= 0.3 is 0 Å². The fourth-order valence-electron chi connectivity index (χ4n) is 1.92. The predicted octanol–water partition coefficient (Wildman–Crippen LogP) is 3.02. The summed E-state index contributed by atoms with van der Waals surface area (Å²) in [6, 6.07) is 8.86.